The van der Waals surface area contributed by atoms with Crippen molar-refractivity contribution in [3.05, 3.63) is 35.5 Å². The minimum absolute atomic E-state index is 0.198. The number of benzene rings is 1. The van der Waals surface area contributed by atoms with Gasteiger partial charge in [0.1, 0.15) is 5.02 Å². The summed E-state index contributed by atoms with van der Waals surface area (Å²) in [7, 11) is 1.58. The van der Waals surface area contributed by atoms with Gasteiger partial charge in [-0.05, 0) is 24.7 Å². The fraction of sp³-hybridized carbons (Fsp3) is 0.231. The highest BCUT2D eigenvalue weighted by molar-refractivity contribution is 7.64. The smallest absolute Gasteiger partial charge is 0.224 e. The number of halogens is 1. The summed E-state index contributed by atoms with van der Waals surface area (Å²) in [6.07, 6.45) is 1.59. The summed E-state index contributed by atoms with van der Waals surface area (Å²) in [4.78, 5) is 8.39. The molecule has 0 aliphatic carbocycles. The number of para-hydroxylation sites is 1. The molecule has 6 heteroatoms. The van der Waals surface area contributed by atoms with Crippen molar-refractivity contribution in [2.45, 2.75) is 0 Å². The Kier molecular flexibility index (Phi) is 4.56. The fourth-order valence-corrected chi connectivity index (χ4v) is 2.81. The van der Waals surface area contributed by atoms with Gasteiger partial charge in [0.15, 0.2) is 5.82 Å². The minimum atomic E-state index is -0.198. The van der Waals surface area contributed by atoms with Gasteiger partial charge in [0.25, 0.3) is 0 Å². The molecule has 0 unspecified atom stereocenters. The highest BCUT2D eigenvalue weighted by Gasteiger charge is 2.09. The standard InChI is InChI=1S/C13H16ClN4P/c1-15-13-16-8-9(14)12(18-13)17-10-6-4-5-7-11(10)19(2)3/h4-8H,1-3H3,(H2,15,16,17,18). The van der Waals surface area contributed by atoms with E-state index in [1.807, 2.05) is 18.2 Å². The van der Waals surface area contributed by atoms with E-state index in [-0.39, 0.29) is 7.92 Å². The van der Waals surface area contributed by atoms with Crippen molar-refractivity contribution in [1.82, 2.24) is 9.97 Å². The second kappa shape index (κ2) is 6.18. The molecule has 0 amide bonds. The van der Waals surface area contributed by atoms with Crippen LogP contribution in [-0.2, 0) is 0 Å². The number of nitrogens with one attached hydrogen (secondary N) is 2. The largest absolute Gasteiger partial charge is 0.357 e. The van der Waals surface area contributed by atoms with Crippen molar-refractivity contribution in [2.24, 2.45) is 0 Å². The topological polar surface area (TPSA) is 49.8 Å². The summed E-state index contributed by atoms with van der Waals surface area (Å²) in [5, 5.41) is 7.99. The van der Waals surface area contributed by atoms with E-state index in [1.54, 1.807) is 13.2 Å². The van der Waals surface area contributed by atoms with Crippen LogP contribution < -0.4 is 15.9 Å². The van der Waals surface area contributed by atoms with Gasteiger partial charge in [-0.3, -0.25) is 0 Å². The third-order valence-corrected chi connectivity index (χ3v) is 4.24. The predicted octanol–water partition coefficient (Wildman–Crippen LogP) is 3.28. The molecule has 2 rings (SSSR count). The van der Waals surface area contributed by atoms with E-state index in [2.05, 4.69) is 40.0 Å². The van der Waals surface area contributed by atoms with Crippen molar-refractivity contribution < 1.29 is 0 Å². The molecule has 0 bridgehead atoms. The van der Waals surface area contributed by atoms with E-state index in [4.69, 9.17) is 11.6 Å². The average molecular weight is 295 g/mol. The average Bonchev–Trinajstić information content (AvgIpc) is 2.41. The van der Waals surface area contributed by atoms with Gasteiger partial charge in [-0.2, -0.15) is 4.98 Å². The summed E-state index contributed by atoms with van der Waals surface area (Å²) >= 11 is 6.13. The highest BCUT2D eigenvalue weighted by Crippen LogP contribution is 2.30. The second-order valence-corrected chi connectivity index (χ2v) is 6.85. The van der Waals surface area contributed by atoms with Crippen molar-refractivity contribution in [3.8, 4) is 0 Å². The van der Waals surface area contributed by atoms with Crippen LogP contribution in [0.1, 0.15) is 0 Å². The molecule has 100 valence electrons. The summed E-state index contributed by atoms with van der Waals surface area (Å²) in [6, 6.07) is 8.21. The van der Waals surface area contributed by atoms with Crippen molar-refractivity contribution in [3.63, 3.8) is 0 Å². The van der Waals surface area contributed by atoms with E-state index < -0.39 is 0 Å². The Hall–Kier alpha value is -1.38. The molecule has 0 radical (unpaired) electrons. The SMILES string of the molecule is CNc1ncc(Cl)c(Nc2ccccc2P(C)C)n1. The predicted molar refractivity (Wildman–Crippen MR) is 84.7 cm³/mol. The maximum atomic E-state index is 6.13. The van der Waals surface area contributed by atoms with E-state index >= 15 is 0 Å². The van der Waals surface area contributed by atoms with Gasteiger partial charge in [-0.25, -0.2) is 4.98 Å². The first-order valence-corrected chi connectivity index (χ1v) is 8.47. The van der Waals surface area contributed by atoms with Crippen molar-refractivity contribution in [1.29, 1.82) is 0 Å². The van der Waals surface area contributed by atoms with Crippen LogP contribution in [0, 0.1) is 0 Å². The molecule has 2 N–H and O–H groups in total. The lowest BCUT2D eigenvalue weighted by Gasteiger charge is -2.15. The van der Waals surface area contributed by atoms with Crippen LogP contribution in [0.2, 0.25) is 5.02 Å². The van der Waals surface area contributed by atoms with Gasteiger partial charge in [-0.1, -0.05) is 37.7 Å². The summed E-state index contributed by atoms with van der Waals surface area (Å²) in [5.74, 6) is 1.16. The van der Waals surface area contributed by atoms with E-state index in [9.17, 15) is 0 Å². The lowest BCUT2D eigenvalue weighted by Crippen LogP contribution is -2.09. The molecule has 0 saturated carbocycles. The third-order valence-electron chi connectivity index (χ3n) is 2.61. The number of hydrogen-bond acceptors (Lipinski definition) is 4. The lowest BCUT2D eigenvalue weighted by molar-refractivity contribution is 1.15. The minimum Gasteiger partial charge on any atom is -0.357 e. The Bertz CT molecular complexity index is 574. The zero-order valence-electron chi connectivity index (χ0n) is 11.1. The lowest BCUT2D eigenvalue weighted by atomic mass is 10.3. The van der Waals surface area contributed by atoms with Crippen molar-refractivity contribution >= 4 is 42.3 Å². The molecule has 1 aromatic heterocycles. The molecule has 1 heterocycles. The zero-order valence-corrected chi connectivity index (χ0v) is 12.8. The number of nitrogens with zero attached hydrogens (tertiary/aromatic N) is 2. The fourth-order valence-electron chi connectivity index (χ4n) is 1.67. The zero-order chi connectivity index (χ0) is 13.8. The van der Waals surface area contributed by atoms with Gasteiger partial charge >= 0.3 is 0 Å². The molecular formula is C13H16ClN4P. The van der Waals surface area contributed by atoms with Gasteiger partial charge in [0.2, 0.25) is 5.95 Å². The summed E-state index contributed by atoms with van der Waals surface area (Å²) in [6.45, 7) is 4.44. The Balaban J connectivity index is 2.36. The highest BCUT2D eigenvalue weighted by atomic mass is 35.5. The van der Waals surface area contributed by atoms with Crippen LogP contribution in [0.15, 0.2) is 30.5 Å². The molecule has 0 saturated heterocycles. The number of aromatic nitrogens is 2. The first kappa shape index (κ1) is 14.0. The number of hydrogen-bond donors (Lipinski definition) is 2. The van der Waals surface area contributed by atoms with Crippen LogP contribution in [0.5, 0.6) is 0 Å². The molecule has 0 aliphatic heterocycles. The Labute approximate surface area is 119 Å². The molecule has 0 aliphatic rings. The number of anilines is 3. The second-order valence-electron chi connectivity index (χ2n) is 4.18. The van der Waals surface area contributed by atoms with Crippen LogP contribution in [0.25, 0.3) is 0 Å². The quantitative estimate of drug-likeness (QED) is 0.850. The van der Waals surface area contributed by atoms with Crippen LogP contribution in [-0.4, -0.2) is 30.3 Å². The van der Waals surface area contributed by atoms with Gasteiger partial charge in [0.05, 0.1) is 6.20 Å². The third kappa shape index (κ3) is 3.34. The van der Waals surface area contributed by atoms with E-state index in [1.165, 1.54) is 5.30 Å². The molecule has 1 aromatic carbocycles. The summed E-state index contributed by atoms with van der Waals surface area (Å²) in [5.41, 5.74) is 1.04. The van der Waals surface area contributed by atoms with Crippen LogP contribution in [0.3, 0.4) is 0 Å². The molecule has 2 aromatic rings. The molecule has 0 fully saturated rings. The first-order chi connectivity index (χ1) is 9.11. The maximum absolute atomic E-state index is 6.13. The molecule has 0 atom stereocenters. The summed E-state index contributed by atoms with van der Waals surface area (Å²) < 4.78 is 0. The maximum Gasteiger partial charge on any atom is 0.224 e. The number of rotatable bonds is 4. The van der Waals surface area contributed by atoms with Crippen LogP contribution in [0.4, 0.5) is 17.5 Å². The normalized spacial score (nSPS) is 10.6. The Morgan fingerprint density at radius 3 is 2.63 bits per heavy atom. The van der Waals surface area contributed by atoms with Gasteiger partial charge in [-0.15, -0.1) is 0 Å². The van der Waals surface area contributed by atoms with Gasteiger partial charge < -0.3 is 10.6 Å². The van der Waals surface area contributed by atoms with E-state index in [0.29, 0.717) is 16.8 Å². The first-order valence-electron chi connectivity index (χ1n) is 5.85. The van der Waals surface area contributed by atoms with Gasteiger partial charge in [0, 0.05) is 12.7 Å². The van der Waals surface area contributed by atoms with Crippen LogP contribution >= 0.6 is 19.5 Å². The molecular weight excluding hydrogens is 279 g/mol. The molecule has 0 spiro atoms. The Morgan fingerprint density at radius 2 is 1.95 bits per heavy atom. The van der Waals surface area contributed by atoms with E-state index in [0.717, 1.165) is 5.69 Å². The van der Waals surface area contributed by atoms with Crippen molar-refractivity contribution in [2.75, 3.05) is 31.0 Å². The molecule has 19 heavy (non-hydrogen) atoms. The Morgan fingerprint density at radius 1 is 1.21 bits per heavy atom. The monoisotopic (exact) mass is 294 g/mol. The molecule has 4 nitrogen and oxygen atoms in total.